The van der Waals surface area contributed by atoms with Gasteiger partial charge in [0.25, 0.3) is 0 Å². The van der Waals surface area contributed by atoms with Crippen LogP contribution >= 0.6 is 0 Å². The fourth-order valence-corrected chi connectivity index (χ4v) is 3.20. The monoisotopic (exact) mass is 332 g/mol. The van der Waals surface area contributed by atoms with Crippen molar-refractivity contribution in [1.82, 2.24) is 0 Å². The van der Waals surface area contributed by atoms with Crippen LogP contribution in [0.15, 0.2) is 11.6 Å². The topological polar surface area (TPSA) is 120 Å². The van der Waals surface area contributed by atoms with Crippen molar-refractivity contribution < 1.29 is 35.0 Å². The van der Waals surface area contributed by atoms with E-state index in [9.17, 15) is 25.5 Å². The highest BCUT2D eigenvalue weighted by Gasteiger charge is 2.45. The quantitative estimate of drug-likeness (QED) is 0.426. The minimum Gasteiger partial charge on any atom is -0.394 e. The Balaban J connectivity index is 2.15. The predicted octanol–water partition coefficient (Wildman–Crippen LogP) is -0.845. The summed E-state index contributed by atoms with van der Waals surface area (Å²) in [6.07, 6.45) is -4.98. The average Bonchev–Trinajstić information content (AvgIpc) is 2.50. The lowest BCUT2D eigenvalue weighted by Gasteiger charge is -2.43. The first-order valence-electron chi connectivity index (χ1n) is 8.08. The Labute approximate surface area is 136 Å². The van der Waals surface area contributed by atoms with Crippen molar-refractivity contribution in [2.45, 2.75) is 70.1 Å². The Hall–Kier alpha value is -0.540. The van der Waals surface area contributed by atoms with E-state index in [-0.39, 0.29) is 17.9 Å². The molecular weight excluding hydrogens is 304 g/mol. The van der Waals surface area contributed by atoms with Crippen LogP contribution in [0.1, 0.15) is 27.2 Å². The fourth-order valence-electron chi connectivity index (χ4n) is 3.20. The van der Waals surface area contributed by atoms with Crippen molar-refractivity contribution in [3.63, 3.8) is 0 Å². The largest absolute Gasteiger partial charge is 0.394 e. The number of aliphatic hydroxyl groups excluding tert-OH is 5. The first kappa shape index (κ1) is 18.8. The lowest BCUT2D eigenvalue weighted by molar-refractivity contribution is -0.312. The average molecular weight is 332 g/mol. The summed E-state index contributed by atoms with van der Waals surface area (Å²) in [6.45, 7) is 5.37. The number of hydrogen-bond acceptors (Lipinski definition) is 7. The highest BCUT2D eigenvalue weighted by Crippen LogP contribution is 2.34. The van der Waals surface area contributed by atoms with E-state index in [0.29, 0.717) is 6.42 Å². The van der Waals surface area contributed by atoms with Gasteiger partial charge in [-0.2, -0.15) is 0 Å². The first-order chi connectivity index (χ1) is 10.8. The molecular formula is C16H28O7. The Bertz CT molecular complexity index is 423. The summed E-state index contributed by atoms with van der Waals surface area (Å²) in [5, 5.41) is 49.0. The van der Waals surface area contributed by atoms with Crippen LogP contribution in [0.3, 0.4) is 0 Å². The van der Waals surface area contributed by atoms with Crippen LogP contribution in [0, 0.1) is 11.8 Å². The molecule has 0 bridgehead atoms. The number of rotatable bonds is 4. The molecule has 23 heavy (non-hydrogen) atoms. The second-order valence-electron chi connectivity index (χ2n) is 6.87. The third-order valence-corrected chi connectivity index (χ3v) is 4.87. The van der Waals surface area contributed by atoms with Gasteiger partial charge in [0.2, 0.25) is 0 Å². The fraction of sp³-hybridized carbons (Fsp3) is 0.875. The van der Waals surface area contributed by atoms with Crippen molar-refractivity contribution in [2.24, 2.45) is 11.8 Å². The molecule has 0 spiro atoms. The van der Waals surface area contributed by atoms with E-state index in [0.717, 1.165) is 5.57 Å². The lowest BCUT2D eigenvalue weighted by Crippen LogP contribution is -2.60. The summed E-state index contributed by atoms with van der Waals surface area (Å²) >= 11 is 0. The molecule has 0 saturated carbocycles. The van der Waals surface area contributed by atoms with Gasteiger partial charge in [0.1, 0.15) is 24.4 Å². The molecule has 8 atom stereocenters. The zero-order valence-corrected chi connectivity index (χ0v) is 13.7. The Morgan fingerprint density at radius 1 is 1.17 bits per heavy atom. The minimum atomic E-state index is -1.46. The maximum absolute atomic E-state index is 10.1. The van der Waals surface area contributed by atoms with Gasteiger partial charge in [-0.05, 0) is 30.8 Å². The van der Waals surface area contributed by atoms with E-state index >= 15 is 0 Å². The highest BCUT2D eigenvalue weighted by molar-refractivity contribution is 5.14. The molecule has 7 heteroatoms. The van der Waals surface area contributed by atoms with Gasteiger partial charge in [-0.3, -0.25) is 0 Å². The molecule has 0 aromatic heterocycles. The maximum atomic E-state index is 10.1. The van der Waals surface area contributed by atoms with Gasteiger partial charge >= 0.3 is 0 Å². The van der Waals surface area contributed by atoms with Gasteiger partial charge in [0.05, 0.1) is 18.8 Å². The van der Waals surface area contributed by atoms with Gasteiger partial charge in [-0.25, -0.2) is 0 Å². The van der Waals surface area contributed by atoms with Crippen LogP contribution in [0.25, 0.3) is 0 Å². The molecule has 134 valence electrons. The summed E-state index contributed by atoms with van der Waals surface area (Å²) in [6, 6.07) is 0. The zero-order chi connectivity index (χ0) is 17.3. The second kappa shape index (κ2) is 7.57. The maximum Gasteiger partial charge on any atom is 0.187 e. The van der Waals surface area contributed by atoms with Gasteiger partial charge < -0.3 is 35.0 Å². The van der Waals surface area contributed by atoms with Crippen molar-refractivity contribution >= 4 is 0 Å². The third kappa shape index (κ3) is 3.93. The van der Waals surface area contributed by atoms with Crippen LogP contribution in [0.5, 0.6) is 0 Å². The van der Waals surface area contributed by atoms with Crippen molar-refractivity contribution in [3.8, 4) is 0 Å². The highest BCUT2D eigenvalue weighted by atomic mass is 16.7. The molecule has 0 amide bonds. The Kier molecular flexibility index (Phi) is 6.18. The molecule has 5 N–H and O–H groups in total. The Morgan fingerprint density at radius 3 is 2.39 bits per heavy atom. The smallest absolute Gasteiger partial charge is 0.187 e. The van der Waals surface area contributed by atoms with E-state index in [1.54, 1.807) is 6.08 Å². The number of ether oxygens (including phenoxy) is 2. The van der Waals surface area contributed by atoms with Crippen LogP contribution in [0.2, 0.25) is 0 Å². The molecule has 7 nitrogen and oxygen atoms in total. The molecule has 1 saturated heterocycles. The van der Waals surface area contributed by atoms with E-state index in [2.05, 4.69) is 0 Å². The molecule has 2 rings (SSSR count). The van der Waals surface area contributed by atoms with Gasteiger partial charge in [-0.15, -0.1) is 0 Å². The first-order valence-corrected chi connectivity index (χ1v) is 8.08. The molecule has 0 aromatic rings. The summed E-state index contributed by atoms with van der Waals surface area (Å²) in [7, 11) is 0. The van der Waals surface area contributed by atoms with Crippen LogP contribution < -0.4 is 0 Å². The van der Waals surface area contributed by atoms with E-state index < -0.39 is 43.4 Å². The van der Waals surface area contributed by atoms with Crippen molar-refractivity contribution in [2.75, 3.05) is 6.61 Å². The van der Waals surface area contributed by atoms with Crippen molar-refractivity contribution in [1.29, 1.82) is 0 Å². The standard InChI is InChI=1S/C16H28O7/c1-7(2)9-5-10(18)8(3)4-11(9)22-16-15(21)14(20)13(19)12(6-17)23-16/h4,7,9-21H,5-6H2,1-3H3/t9-,10+,11-,12+,13+,14-,15+,16+/m0/s1. The summed E-state index contributed by atoms with van der Waals surface area (Å²) < 4.78 is 11.2. The van der Waals surface area contributed by atoms with E-state index in [4.69, 9.17) is 9.47 Å². The number of aliphatic hydroxyl groups is 5. The number of hydrogen-bond donors (Lipinski definition) is 5. The van der Waals surface area contributed by atoms with Gasteiger partial charge in [-0.1, -0.05) is 19.9 Å². The zero-order valence-electron chi connectivity index (χ0n) is 13.7. The second-order valence-corrected chi connectivity index (χ2v) is 6.87. The van der Waals surface area contributed by atoms with E-state index in [1.807, 2.05) is 20.8 Å². The van der Waals surface area contributed by atoms with Gasteiger partial charge in [0, 0.05) is 0 Å². The predicted molar refractivity (Wildman–Crippen MR) is 81.3 cm³/mol. The van der Waals surface area contributed by atoms with Gasteiger partial charge in [0.15, 0.2) is 6.29 Å². The van der Waals surface area contributed by atoms with Crippen LogP contribution in [0.4, 0.5) is 0 Å². The van der Waals surface area contributed by atoms with Crippen LogP contribution in [-0.4, -0.2) is 75.1 Å². The molecule has 2 aliphatic rings. The third-order valence-electron chi connectivity index (χ3n) is 4.87. The van der Waals surface area contributed by atoms with Crippen molar-refractivity contribution in [3.05, 3.63) is 11.6 Å². The van der Waals surface area contributed by atoms with Crippen LogP contribution in [-0.2, 0) is 9.47 Å². The van der Waals surface area contributed by atoms with E-state index in [1.165, 1.54) is 0 Å². The SMILES string of the molecule is CC1=C[C@H](O[C@@H]2O[C@H](CO)[C@@H](O)[C@H](O)[C@H]2O)[C@H](C(C)C)C[C@H]1O. The molecule has 0 aromatic carbocycles. The lowest BCUT2D eigenvalue weighted by atomic mass is 9.79. The molecule has 0 radical (unpaired) electrons. The molecule has 0 unspecified atom stereocenters. The normalized spacial score (nSPS) is 45.2. The Morgan fingerprint density at radius 2 is 1.83 bits per heavy atom. The molecule has 1 aliphatic heterocycles. The molecule has 1 fully saturated rings. The summed E-state index contributed by atoms with van der Waals surface area (Å²) in [4.78, 5) is 0. The molecule has 1 heterocycles. The minimum absolute atomic E-state index is 0.0288. The summed E-state index contributed by atoms with van der Waals surface area (Å²) in [5.41, 5.74) is 0.788. The summed E-state index contributed by atoms with van der Waals surface area (Å²) in [5.74, 6) is 0.268. The molecule has 1 aliphatic carbocycles.